The van der Waals surface area contributed by atoms with Gasteiger partial charge in [0.25, 0.3) is 11.8 Å². The van der Waals surface area contributed by atoms with Crippen molar-refractivity contribution in [3.05, 3.63) is 105 Å². The molecule has 7 heteroatoms. The molecular weight excluding hydrogens is 506 g/mol. The normalized spacial score (nSPS) is 11.4. The highest BCUT2D eigenvalue weighted by Crippen LogP contribution is 2.21. The van der Waals surface area contributed by atoms with Gasteiger partial charge in [-0.15, -0.1) is 0 Å². The van der Waals surface area contributed by atoms with Crippen LogP contribution >= 0.6 is 15.9 Å². The van der Waals surface area contributed by atoms with E-state index in [-0.39, 0.29) is 18.4 Å². The topological polar surface area (TPSA) is 94.2 Å². The molecule has 35 heavy (non-hydrogen) atoms. The maximum atomic E-state index is 13.1. The minimum Gasteiger partial charge on any atom is -0.394 e. The van der Waals surface area contributed by atoms with Gasteiger partial charge in [-0.3, -0.25) is 9.59 Å². The molecule has 0 aliphatic carbocycles. The van der Waals surface area contributed by atoms with Crippen molar-refractivity contribution in [2.75, 3.05) is 13.7 Å². The van der Waals surface area contributed by atoms with Gasteiger partial charge >= 0.3 is 0 Å². The second-order valence-corrected chi connectivity index (χ2v) is 8.88. The lowest BCUT2D eigenvalue weighted by Crippen LogP contribution is -2.39. The third-order valence-corrected chi connectivity index (χ3v) is 6.30. The van der Waals surface area contributed by atoms with E-state index in [4.69, 9.17) is 0 Å². The monoisotopic (exact) mass is 529 g/mol. The number of aromatic nitrogens is 1. The van der Waals surface area contributed by atoms with Crippen molar-refractivity contribution in [3.63, 3.8) is 0 Å². The van der Waals surface area contributed by atoms with Crippen LogP contribution in [0.2, 0.25) is 0 Å². The first-order valence-corrected chi connectivity index (χ1v) is 11.9. The van der Waals surface area contributed by atoms with E-state index in [9.17, 15) is 14.7 Å². The maximum Gasteiger partial charge on any atom is 0.252 e. The number of halogens is 1. The molecule has 6 nitrogen and oxygen atoms in total. The van der Waals surface area contributed by atoms with Crippen LogP contribution in [-0.4, -0.2) is 41.6 Å². The van der Waals surface area contributed by atoms with E-state index in [1.165, 1.54) is 0 Å². The molecule has 0 aliphatic heterocycles. The van der Waals surface area contributed by atoms with Crippen LogP contribution in [0.25, 0.3) is 10.9 Å². The fraction of sp³-hybridized carbons (Fsp3) is 0.143. The molecule has 0 unspecified atom stereocenters. The summed E-state index contributed by atoms with van der Waals surface area (Å²) in [7, 11) is 1.58. The summed E-state index contributed by atoms with van der Waals surface area (Å²) in [5, 5.41) is 16.5. The number of carbonyl (C=O) groups is 2. The number of fused-ring (bicyclic) bond motifs is 1. The first-order valence-electron chi connectivity index (χ1n) is 11.1. The third kappa shape index (κ3) is 5.80. The number of rotatable bonds is 6. The highest BCUT2D eigenvalue weighted by atomic mass is 79.9. The average Bonchev–Trinajstić information content (AvgIpc) is 3.30. The summed E-state index contributed by atoms with van der Waals surface area (Å²) in [6.07, 6.45) is 2.40. The van der Waals surface area contributed by atoms with Crippen molar-refractivity contribution in [1.29, 1.82) is 0 Å². The number of hydrogen-bond acceptors (Lipinski definition) is 3. The zero-order chi connectivity index (χ0) is 24.8. The summed E-state index contributed by atoms with van der Waals surface area (Å²) < 4.78 is 0.631. The van der Waals surface area contributed by atoms with Crippen LogP contribution in [0.1, 0.15) is 37.4 Å². The number of hydrogen-bond donors (Lipinski definition) is 4. The van der Waals surface area contributed by atoms with Gasteiger partial charge in [-0.2, -0.15) is 0 Å². The van der Waals surface area contributed by atoms with Gasteiger partial charge in [0.15, 0.2) is 0 Å². The van der Waals surface area contributed by atoms with Crippen molar-refractivity contribution in [2.24, 2.45) is 0 Å². The SMILES string of the molecule is CNC(=O)c1cccc(C#Cc2ccc(Br)c(C(=O)N[C@@H](CO)Cc3c[nH]c4ccccc34)c2)c1. The Morgan fingerprint density at radius 2 is 1.77 bits per heavy atom. The summed E-state index contributed by atoms with van der Waals surface area (Å²) in [4.78, 5) is 28.1. The lowest BCUT2D eigenvalue weighted by Gasteiger charge is -2.17. The Labute approximate surface area is 211 Å². The number of para-hydroxylation sites is 1. The smallest absolute Gasteiger partial charge is 0.252 e. The van der Waals surface area contributed by atoms with Crippen LogP contribution in [0, 0.1) is 11.8 Å². The van der Waals surface area contributed by atoms with Crippen LogP contribution in [0.4, 0.5) is 0 Å². The van der Waals surface area contributed by atoms with Crippen molar-refractivity contribution in [3.8, 4) is 11.8 Å². The van der Waals surface area contributed by atoms with Gasteiger partial charge in [-0.1, -0.05) is 36.1 Å². The molecule has 2 amide bonds. The molecule has 0 bridgehead atoms. The lowest BCUT2D eigenvalue weighted by molar-refractivity contribution is 0.0914. The Morgan fingerprint density at radius 3 is 2.54 bits per heavy atom. The minimum atomic E-state index is -0.448. The van der Waals surface area contributed by atoms with Gasteiger partial charge < -0.3 is 20.7 Å². The molecule has 4 rings (SSSR count). The van der Waals surface area contributed by atoms with Crippen LogP contribution < -0.4 is 10.6 Å². The van der Waals surface area contributed by atoms with Crippen molar-refractivity contribution in [2.45, 2.75) is 12.5 Å². The van der Waals surface area contributed by atoms with Gasteiger partial charge in [0.05, 0.1) is 18.2 Å². The minimum absolute atomic E-state index is 0.178. The van der Waals surface area contributed by atoms with E-state index in [1.54, 1.807) is 37.4 Å². The van der Waals surface area contributed by atoms with Gasteiger partial charge in [0, 0.05) is 45.3 Å². The van der Waals surface area contributed by atoms with E-state index in [1.807, 2.05) is 42.6 Å². The summed E-state index contributed by atoms with van der Waals surface area (Å²) in [5.74, 6) is 5.62. The second-order valence-electron chi connectivity index (χ2n) is 8.02. The number of aliphatic hydroxyl groups excluding tert-OH is 1. The molecule has 0 radical (unpaired) electrons. The number of carbonyl (C=O) groups excluding carboxylic acids is 2. The number of nitrogens with one attached hydrogen (secondary N) is 3. The van der Waals surface area contributed by atoms with Gasteiger partial charge in [0.1, 0.15) is 0 Å². The van der Waals surface area contributed by atoms with Crippen LogP contribution in [0.5, 0.6) is 0 Å². The van der Waals surface area contributed by atoms with E-state index in [2.05, 4.69) is 43.4 Å². The van der Waals surface area contributed by atoms with Crippen molar-refractivity contribution < 1.29 is 14.7 Å². The van der Waals surface area contributed by atoms with E-state index < -0.39 is 6.04 Å². The fourth-order valence-corrected chi connectivity index (χ4v) is 4.22. The molecule has 0 fully saturated rings. The number of aromatic amines is 1. The largest absolute Gasteiger partial charge is 0.394 e. The van der Waals surface area contributed by atoms with Gasteiger partial charge in [-0.05, 0) is 70.4 Å². The number of benzene rings is 3. The molecule has 1 heterocycles. The Bertz CT molecular complexity index is 1450. The molecule has 0 saturated carbocycles. The molecule has 176 valence electrons. The fourth-order valence-electron chi connectivity index (χ4n) is 3.79. The highest BCUT2D eigenvalue weighted by molar-refractivity contribution is 9.10. The summed E-state index contributed by atoms with van der Waals surface area (Å²) in [6, 6.07) is 19.8. The Balaban J connectivity index is 1.51. The second kappa shape index (κ2) is 11.0. The third-order valence-electron chi connectivity index (χ3n) is 5.61. The van der Waals surface area contributed by atoms with E-state index in [0.717, 1.165) is 16.5 Å². The Morgan fingerprint density at radius 1 is 1.00 bits per heavy atom. The number of amides is 2. The molecule has 3 aromatic carbocycles. The lowest BCUT2D eigenvalue weighted by atomic mass is 10.0. The van der Waals surface area contributed by atoms with Gasteiger partial charge in [0.2, 0.25) is 0 Å². The standard InChI is InChI=1S/C28H24BrN3O3/c1-30-27(34)20-6-4-5-18(13-20)9-10-19-11-12-25(29)24(14-19)28(35)32-22(17-33)15-21-16-31-26-8-3-2-7-23(21)26/h2-8,11-14,16,22,31,33H,15,17H2,1H3,(H,30,34)(H,32,35)/t22-/m1/s1. The Hall–Kier alpha value is -3.86. The molecule has 4 aromatic rings. The van der Waals surface area contributed by atoms with Crippen LogP contribution in [0.15, 0.2) is 77.4 Å². The van der Waals surface area contributed by atoms with Crippen molar-refractivity contribution in [1.82, 2.24) is 15.6 Å². The predicted octanol–water partition coefficient (Wildman–Crippen LogP) is 4.02. The molecule has 4 N–H and O–H groups in total. The summed E-state index contributed by atoms with van der Waals surface area (Å²) >= 11 is 3.44. The van der Waals surface area contributed by atoms with Gasteiger partial charge in [-0.25, -0.2) is 0 Å². The molecule has 1 atom stereocenters. The highest BCUT2D eigenvalue weighted by Gasteiger charge is 2.17. The van der Waals surface area contributed by atoms with Crippen LogP contribution in [0.3, 0.4) is 0 Å². The first kappa shape index (κ1) is 24.3. The van der Waals surface area contributed by atoms with Crippen molar-refractivity contribution >= 4 is 38.6 Å². The average molecular weight is 530 g/mol. The molecule has 0 aliphatic rings. The zero-order valence-electron chi connectivity index (χ0n) is 19.1. The molecule has 0 spiro atoms. The molecular formula is C28H24BrN3O3. The number of H-pyrrole nitrogens is 1. The zero-order valence-corrected chi connectivity index (χ0v) is 20.6. The summed E-state index contributed by atoms with van der Waals surface area (Å²) in [5.41, 5.74) is 4.34. The Kier molecular flexibility index (Phi) is 7.66. The summed E-state index contributed by atoms with van der Waals surface area (Å²) in [6.45, 7) is -0.190. The number of aliphatic hydroxyl groups is 1. The van der Waals surface area contributed by atoms with E-state index in [0.29, 0.717) is 33.1 Å². The first-order chi connectivity index (χ1) is 17.0. The maximum absolute atomic E-state index is 13.1. The molecule has 1 aromatic heterocycles. The van der Waals surface area contributed by atoms with Crippen LogP contribution in [-0.2, 0) is 6.42 Å². The quantitative estimate of drug-likeness (QED) is 0.284. The molecule has 0 saturated heterocycles. The predicted molar refractivity (Wildman–Crippen MR) is 140 cm³/mol. The van der Waals surface area contributed by atoms with E-state index >= 15 is 0 Å².